The van der Waals surface area contributed by atoms with E-state index in [0.29, 0.717) is 5.91 Å². The molecule has 1 amide bonds. The van der Waals surface area contributed by atoms with Gasteiger partial charge in [0.15, 0.2) is 0 Å². The molecule has 0 radical (unpaired) electrons. The minimum absolute atomic E-state index is 0.165. The molecule has 1 aliphatic rings. The van der Waals surface area contributed by atoms with Crippen LogP contribution in [-0.4, -0.2) is 81.0 Å². The molecule has 1 saturated carbocycles. The second kappa shape index (κ2) is 9.38. The van der Waals surface area contributed by atoms with Crippen LogP contribution < -0.4 is 5.73 Å². The highest BCUT2D eigenvalue weighted by Crippen LogP contribution is 2.26. The normalized spacial score (nSPS) is 22.2. The molecule has 0 aromatic rings. The molecule has 0 aromatic carbocycles. The second-order valence-corrected chi connectivity index (χ2v) is 6.91. The first-order valence-electron chi connectivity index (χ1n) is 8.24. The molecule has 0 spiro atoms. The Morgan fingerprint density at radius 1 is 0.952 bits per heavy atom. The Balaban J connectivity index is 2.46. The fourth-order valence-corrected chi connectivity index (χ4v) is 2.99. The van der Waals surface area contributed by atoms with Crippen molar-refractivity contribution in [1.82, 2.24) is 14.7 Å². The van der Waals surface area contributed by atoms with Gasteiger partial charge in [-0.1, -0.05) is 0 Å². The number of hydrogen-bond donors (Lipinski definition) is 1. The average Bonchev–Trinajstić information content (AvgIpc) is 2.82. The van der Waals surface area contributed by atoms with Crippen molar-refractivity contribution in [1.29, 1.82) is 0 Å². The van der Waals surface area contributed by atoms with Crippen LogP contribution in [0.3, 0.4) is 0 Å². The topological polar surface area (TPSA) is 52.8 Å². The maximum atomic E-state index is 12.7. The molecule has 2 N–H and O–H groups in total. The lowest BCUT2D eigenvalue weighted by Crippen LogP contribution is -2.39. The largest absolute Gasteiger partial charge is 0.342 e. The molecule has 0 aliphatic heterocycles. The monoisotopic (exact) mass is 298 g/mol. The van der Waals surface area contributed by atoms with E-state index in [9.17, 15) is 4.79 Å². The van der Waals surface area contributed by atoms with Crippen LogP contribution in [0.4, 0.5) is 0 Å². The van der Waals surface area contributed by atoms with E-state index in [-0.39, 0.29) is 12.0 Å². The lowest BCUT2D eigenvalue weighted by molar-refractivity contribution is -0.135. The van der Waals surface area contributed by atoms with Crippen molar-refractivity contribution < 1.29 is 4.79 Å². The van der Waals surface area contributed by atoms with Crippen LogP contribution in [0.25, 0.3) is 0 Å². The van der Waals surface area contributed by atoms with E-state index in [1.165, 1.54) is 0 Å². The quantitative estimate of drug-likeness (QED) is 0.685. The summed E-state index contributed by atoms with van der Waals surface area (Å²) < 4.78 is 0. The van der Waals surface area contributed by atoms with Crippen molar-refractivity contribution in [3.8, 4) is 0 Å². The van der Waals surface area contributed by atoms with Gasteiger partial charge in [-0.15, -0.1) is 0 Å². The Bertz CT molecular complexity index is 293. The number of hydrogen-bond acceptors (Lipinski definition) is 4. The molecule has 0 heterocycles. The van der Waals surface area contributed by atoms with Gasteiger partial charge < -0.3 is 20.4 Å². The number of amides is 1. The summed E-state index contributed by atoms with van der Waals surface area (Å²) in [5.74, 6) is 0.499. The Morgan fingerprint density at radius 2 is 1.48 bits per heavy atom. The lowest BCUT2D eigenvalue weighted by atomic mass is 10.1. The SMILES string of the molecule is CN(C)CCCN(CCCN(C)C)C(=O)C1CCC(N)C1. The fourth-order valence-electron chi connectivity index (χ4n) is 2.99. The zero-order valence-electron chi connectivity index (χ0n) is 14.3. The van der Waals surface area contributed by atoms with Gasteiger partial charge in [0.2, 0.25) is 5.91 Å². The second-order valence-electron chi connectivity index (χ2n) is 6.91. The molecule has 2 unspecified atom stereocenters. The molecule has 2 atom stereocenters. The third kappa shape index (κ3) is 7.25. The van der Waals surface area contributed by atoms with Gasteiger partial charge in [0.25, 0.3) is 0 Å². The van der Waals surface area contributed by atoms with Gasteiger partial charge in [-0.05, 0) is 73.4 Å². The first kappa shape index (κ1) is 18.4. The van der Waals surface area contributed by atoms with Crippen molar-refractivity contribution in [3.63, 3.8) is 0 Å². The minimum Gasteiger partial charge on any atom is -0.342 e. The lowest BCUT2D eigenvalue weighted by Gasteiger charge is -2.27. The van der Waals surface area contributed by atoms with E-state index >= 15 is 0 Å². The van der Waals surface area contributed by atoms with Gasteiger partial charge >= 0.3 is 0 Å². The Labute approximate surface area is 130 Å². The fraction of sp³-hybridized carbons (Fsp3) is 0.938. The summed E-state index contributed by atoms with van der Waals surface area (Å²) in [6, 6.07) is 0.226. The van der Waals surface area contributed by atoms with E-state index in [2.05, 4.69) is 42.9 Å². The maximum absolute atomic E-state index is 12.7. The number of rotatable bonds is 9. The van der Waals surface area contributed by atoms with Gasteiger partial charge in [0.1, 0.15) is 0 Å². The molecular formula is C16H34N4O. The maximum Gasteiger partial charge on any atom is 0.225 e. The molecule has 124 valence electrons. The third-order valence-corrected chi connectivity index (χ3v) is 4.20. The van der Waals surface area contributed by atoms with Crippen LogP contribution in [0.2, 0.25) is 0 Å². The molecule has 5 heteroatoms. The molecule has 1 rings (SSSR count). The number of nitrogens with two attached hydrogens (primary N) is 1. The number of carbonyl (C=O) groups excluding carboxylic acids is 1. The first-order valence-corrected chi connectivity index (χ1v) is 8.24. The number of nitrogens with zero attached hydrogens (tertiary/aromatic N) is 3. The Hall–Kier alpha value is -0.650. The van der Waals surface area contributed by atoms with Crippen molar-refractivity contribution >= 4 is 5.91 Å². The summed E-state index contributed by atoms with van der Waals surface area (Å²) in [6.07, 6.45) is 4.92. The zero-order valence-corrected chi connectivity index (χ0v) is 14.3. The van der Waals surface area contributed by atoms with E-state index in [1.807, 2.05) is 0 Å². The molecular weight excluding hydrogens is 264 g/mol. The van der Waals surface area contributed by atoms with Crippen LogP contribution in [-0.2, 0) is 4.79 Å². The molecule has 1 fully saturated rings. The predicted octanol–water partition coefficient (Wildman–Crippen LogP) is 0.846. The smallest absolute Gasteiger partial charge is 0.225 e. The van der Waals surface area contributed by atoms with E-state index in [0.717, 1.165) is 58.3 Å². The van der Waals surface area contributed by atoms with Crippen LogP contribution in [0.1, 0.15) is 32.1 Å². The third-order valence-electron chi connectivity index (χ3n) is 4.20. The van der Waals surface area contributed by atoms with Crippen LogP contribution in [0.15, 0.2) is 0 Å². The van der Waals surface area contributed by atoms with Crippen LogP contribution in [0, 0.1) is 5.92 Å². The van der Waals surface area contributed by atoms with Gasteiger partial charge in [-0.25, -0.2) is 0 Å². The highest BCUT2D eigenvalue weighted by Gasteiger charge is 2.30. The molecule has 5 nitrogen and oxygen atoms in total. The van der Waals surface area contributed by atoms with E-state index in [1.54, 1.807) is 0 Å². The molecule has 0 saturated heterocycles. The summed E-state index contributed by atoms with van der Waals surface area (Å²) in [7, 11) is 8.31. The van der Waals surface area contributed by atoms with Crippen molar-refractivity contribution in [2.75, 3.05) is 54.4 Å². The Morgan fingerprint density at radius 3 is 1.86 bits per heavy atom. The van der Waals surface area contributed by atoms with Crippen molar-refractivity contribution in [2.24, 2.45) is 11.7 Å². The van der Waals surface area contributed by atoms with E-state index < -0.39 is 0 Å². The standard InChI is InChI=1S/C16H34N4O/c1-18(2)9-5-11-20(12-6-10-19(3)4)16(21)14-7-8-15(17)13-14/h14-15H,5-13,17H2,1-4H3. The molecule has 0 bridgehead atoms. The summed E-state index contributed by atoms with van der Waals surface area (Å²) in [5.41, 5.74) is 5.96. The molecule has 1 aliphatic carbocycles. The van der Waals surface area contributed by atoms with Gasteiger partial charge in [0, 0.05) is 25.0 Å². The van der Waals surface area contributed by atoms with Crippen molar-refractivity contribution in [3.05, 3.63) is 0 Å². The predicted molar refractivity (Wildman–Crippen MR) is 88.2 cm³/mol. The summed E-state index contributed by atoms with van der Waals surface area (Å²) >= 11 is 0. The minimum atomic E-state index is 0.165. The first-order chi connectivity index (χ1) is 9.90. The highest BCUT2D eigenvalue weighted by atomic mass is 16.2. The molecule has 0 aromatic heterocycles. The van der Waals surface area contributed by atoms with Gasteiger partial charge in [-0.3, -0.25) is 4.79 Å². The summed E-state index contributed by atoms with van der Waals surface area (Å²) in [5, 5.41) is 0. The number of carbonyl (C=O) groups is 1. The highest BCUT2D eigenvalue weighted by molar-refractivity contribution is 5.79. The van der Waals surface area contributed by atoms with Gasteiger partial charge in [0.05, 0.1) is 0 Å². The summed E-state index contributed by atoms with van der Waals surface area (Å²) in [6.45, 7) is 3.80. The molecule has 21 heavy (non-hydrogen) atoms. The van der Waals surface area contributed by atoms with Crippen molar-refractivity contribution in [2.45, 2.75) is 38.1 Å². The van der Waals surface area contributed by atoms with Gasteiger partial charge in [-0.2, -0.15) is 0 Å². The van der Waals surface area contributed by atoms with E-state index in [4.69, 9.17) is 5.73 Å². The van der Waals surface area contributed by atoms with Crippen LogP contribution in [0.5, 0.6) is 0 Å². The zero-order chi connectivity index (χ0) is 15.8. The van der Waals surface area contributed by atoms with Crippen LogP contribution >= 0.6 is 0 Å². The summed E-state index contributed by atoms with van der Waals surface area (Å²) in [4.78, 5) is 19.1. The Kier molecular flexibility index (Phi) is 8.22. The average molecular weight is 298 g/mol.